The molecule has 0 unspecified atom stereocenters. The number of likely N-dealkylation sites (N-methyl/N-ethyl adjacent to an activating group) is 1. The molecule has 0 saturated carbocycles. The average molecular weight is 381 g/mol. The van der Waals surface area contributed by atoms with Crippen LogP contribution in [-0.2, 0) is 14.8 Å². The van der Waals surface area contributed by atoms with Gasteiger partial charge >= 0.3 is 0 Å². The highest BCUT2D eigenvalue weighted by Crippen LogP contribution is 2.18. The van der Waals surface area contributed by atoms with E-state index in [4.69, 9.17) is 11.6 Å². The molecule has 25 heavy (non-hydrogen) atoms. The van der Waals surface area contributed by atoms with Crippen LogP contribution < -0.4 is 5.32 Å². The van der Waals surface area contributed by atoms with Gasteiger partial charge in [-0.2, -0.15) is 4.31 Å². The van der Waals surface area contributed by atoms with Crippen LogP contribution in [0.1, 0.15) is 25.5 Å². The van der Waals surface area contributed by atoms with Crippen LogP contribution in [-0.4, -0.2) is 31.7 Å². The fraction of sp³-hybridized carbons (Fsp3) is 0.278. The standard InChI is InChI=1S/C18H21ClN2O3S/c1-3-21(25(23,24)17-11-9-16(19)10-12-17)13-18(22)20-14(2)15-7-5-4-6-8-15/h4-12,14H,3,13H2,1-2H3,(H,20,22)/t14-/m1/s1. The maximum Gasteiger partial charge on any atom is 0.243 e. The number of carbonyl (C=O) groups is 1. The Morgan fingerprint density at radius 3 is 2.28 bits per heavy atom. The van der Waals surface area contributed by atoms with Crippen LogP contribution in [0, 0.1) is 0 Å². The zero-order valence-corrected chi connectivity index (χ0v) is 15.7. The highest BCUT2D eigenvalue weighted by Gasteiger charge is 2.25. The summed E-state index contributed by atoms with van der Waals surface area (Å²) >= 11 is 5.80. The molecule has 0 fully saturated rings. The smallest absolute Gasteiger partial charge is 0.243 e. The van der Waals surface area contributed by atoms with Crippen molar-refractivity contribution in [2.24, 2.45) is 0 Å². The number of hydrogen-bond acceptors (Lipinski definition) is 3. The van der Waals surface area contributed by atoms with Gasteiger partial charge in [0.1, 0.15) is 0 Å². The van der Waals surface area contributed by atoms with E-state index in [1.54, 1.807) is 6.92 Å². The van der Waals surface area contributed by atoms with Gasteiger partial charge in [-0.05, 0) is 36.8 Å². The fourth-order valence-corrected chi connectivity index (χ4v) is 3.93. The molecular formula is C18H21ClN2O3S. The summed E-state index contributed by atoms with van der Waals surface area (Å²) in [6.07, 6.45) is 0. The van der Waals surface area contributed by atoms with Crippen molar-refractivity contribution in [1.29, 1.82) is 0 Å². The van der Waals surface area contributed by atoms with Gasteiger partial charge in [-0.3, -0.25) is 4.79 Å². The Morgan fingerprint density at radius 1 is 1.12 bits per heavy atom. The Morgan fingerprint density at radius 2 is 1.72 bits per heavy atom. The normalized spacial score (nSPS) is 12.8. The maximum atomic E-state index is 12.7. The van der Waals surface area contributed by atoms with Crippen LogP contribution in [0.4, 0.5) is 0 Å². The minimum absolute atomic E-state index is 0.114. The van der Waals surface area contributed by atoms with Crippen molar-refractivity contribution in [2.75, 3.05) is 13.1 Å². The van der Waals surface area contributed by atoms with Gasteiger partial charge in [0.25, 0.3) is 0 Å². The van der Waals surface area contributed by atoms with Crippen molar-refractivity contribution < 1.29 is 13.2 Å². The number of nitrogens with one attached hydrogen (secondary N) is 1. The number of halogens is 1. The van der Waals surface area contributed by atoms with E-state index < -0.39 is 10.0 Å². The Labute approximate surface area is 153 Å². The lowest BCUT2D eigenvalue weighted by atomic mass is 10.1. The van der Waals surface area contributed by atoms with Gasteiger partial charge in [-0.25, -0.2) is 8.42 Å². The molecule has 0 aliphatic carbocycles. The van der Waals surface area contributed by atoms with E-state index in [1.807, 2.05) is 37.3 Å². The number of benzene rings is 2. The summed E-state index contributed by atoms with van der Waals surface area (Å²) in [6.45, 7) is 3.51. The van der Waals surface area contributed by atoms with Gasteiger partial charge in [-0.1, -0.05) is 48.9 Å². The first-order chi connectivity index (χ1) is 11.8. The van der Waals surface area contributed by atoms with Gasteiger partial charge in [0.15, 0.2) is 0 Å². The largest absolute Gasteiger partial charge is 0.348 e. The predicted molar refractivity (Wildman–Crippen MR) is 98.9 cm³/mol. The van der Waals surface area contributed by atoms with Crippen molar-refractivity contribution >= 4 is 27.5 Å². The quantitative estimate of drug-likeness (QED) is 0.801. The molecule has 2 rings (SSSR count). The van der Waals surface area contributed by atoms with Crippen LogP contribution in [0.3, 0.4) is 0 Å². The number of sulfonamides is 1. The van der Waals surface area contributed by atoms with E-state index in [9.17, 15) is 13.2 Å². The van der Waals surface area contributed by atoms with Gasteiger partial charge in [0, 0.05) is 11.6 Å². The van der Waals surface area contributed by atoms with Crippen molar-refractivity contribution in [3.8, 4) is 0 Å². The topological polar surface area (TPSA) is 66.5 Å². The minimum Gasteiger partial charge on any atom is -0.348 e. The van der Waals surface area contributed by atoms with E-state index >= 15 is 0 Å². The molecule has 0 aliphatic heterocycles. The average Bonchev–Trinajstić information content (AvgIpc) is 2.60. The van der Waals surface area contributed by atoms with Crippen LogP contribution in [0.5, 0.6) is 0 Å². The van der Waals surface area contributed by atoms with E-state index in [0.29, 0.717) is 5.02 Å². The molecule has 1 atom stereocenters. The zero-order valence-electron chi connectivity index (χ0n) is 14.1. The van der Waals surface area contributed by atoms with Gasteiger partial charge < -0.3 is 5.32 Å². The first-order valence-corrected chi connectivity index (χ1v) is 9.76. The Hall–Kier alpha value is -1.89. The first-order valence-electron chi connectivity index (χ1n) is 7.94. The molecule has 0 saturated heterocycles. The van der Waals surface area contributed by atoms with E-state index in [1.165, 1.54) is 24.3 Å². The number of rotatable bonds is 7. The van der Waals surface area contributed by atoms with Gasteiger partial charge in [0.2, 0.25) is 15.9 Å². The summed E-state index contributed by atoms with van der Waals surface area (Å²) < 4.78 is 26.5. The van der Waals surface area contributed by atoms with Crippen molar-refractivity contribution in [1.82, 2.24) is 9.62 Å². The van der Waals surface area contributed by atoms with Crippen LogP contribution in [0.25, 0.3) is 0 Å². The number of carbonyl (C=O) groups excluding carboxylic acids is 1. The molecule has 0 bridgehead atoms. The maximum absolute atomic E-state index is 12.7. The first kappa shape index (κ1) is 19.4. The Balaban J connectivity index is 2.08. The lowest BCUT2D eigenvalue weighted by Crippen LogP contribution is -2.41. The molecule has 0 radical (unpaired) electrons. The highest BCUT2D eigenvalue weighted by atomic mass is 35.5. The molecule has 134 valence electrons. The molecule has 0 heterocycles. The van der Waals surface area contributed by atoms with Crippen LogP contribution >= 0.6 is 11.6 Å². The summed E-state index contributed by atoms with van der Waals surface area (Å²) in [5.74, 6) is -0.351. The SMILES string of the molecule is CCN(CC(=O)N[C@H](C)c1ccccc1)S(=O)(=O)c1ccc(Cl)cc1. The Kier molecular flexibility index (Phi) is 6.58. The molecule has 0 aromatic heterocycles. The highest BCUT2D eigenvalue weighted by molar-refractivity contribution is 7.89. The van der Waals surface area contributed by atoms with Crippen molar-refractivity contribution in [3.63, 3.8) is 0 Å². The molecule has 0 spiro atoms. The summed E-state index contributed by atoms with van der Waals surface area (Å²) in [6, 6.07) is 15.2. The molecule has 1 amide bonds. The van der Waals surface area contributed by atoms with Gasteiger partial charge in [-0.15, -0.1) is 0 Å². The second-order valence-corrected chi connectivity index (χ2v) is 7.96. The lowest BCUT2D eigenvalue weighted by molar-refractivity contribution is -0.121. The van der Waals surface area contributed by atoms with E-state index in [0.717, 1.165) is 9.87 Å². The molecule has 0 aliphatic rings. The van der Waals surface area contributed by atoms with Crippen LogP contribution in [0.15, 0.2) is 59.5 Å². The molecule has 7 heteroatoms. The van der Waals surface area contributed by atoms with Crippen molar-refractivity contribution in [3.05, 3.63) is 65.2 Å². The second-order valence-electron chi connectivity index (χ2n) is 5.59. The number of hydrogen-bond donors (Lipinski definition) is 1. The minimum atomic E-state index is -3.75. The summed E-state index contributed by atoms with van der Waals surface area (Å²) in [7, 11) is -3.75. The fourth-order valence-electron chi connectivity index (χ4n) is 2.39. The monoisotopic (exact) mass is 380 g/mol. The molecule has 1 N–H and O–H groups in total. The van der Waals surface area contributed by atoms with E-state index in [2.05, 4.69) is 5.32 Å². The third-order valence-electron chi connectivity index (χ3n) is 3.80. The molecule has 2 aromatic carbocycles. The van der Waals surface area contributed by atoms with Crippen LogP contribution in [0.2, 0.25) is 5.02 Å². The number of nitrogens with zero attached hydrogens (tertiary/aromatic N) is 1. The third kappa shape index (κ3) is 5.04. The lowest BCUT2D eigenvalue weighted by Gasteiger charge is -2.21. The molecule has 2 aromatic rings. The third-order valence-corrected chi connectivity index (χ3v) is 5.99. The second kappa shape index (κ2) is 8.47. The molecule has 5 nitrogen and oxygen atoms in total. The summed E-state index contributed by atoms with van der Waals surface area (Å²) in [4.78, 5) is 12.4. The predicted octanol–water partition coefficient (Wildman–Crippen LogP) is 3.23. The van der Waals surface area contributed by atoms with E-state index in [-0.39, 0.29) is 29.9 Å². The van der Waals surface area contributed by atoms with Crippen molar-refractivity contribution in [2.45, 2.75) is 24.8 Å². The summed E-state index contributed by atoms with van der Waals surface area (Å²) in [5.41, 5.74) is 0.958. The zero-order chi connectivity index (χ0) is 18.4. The van der Waals surface area contributed by atoms with Gasteiger partial charge in [0.05, 0.1) is 17.5 Å². The number of amides is 1. The molecular weight excluding hydrogens is 360 g/mol. The Bertz CT molecular complexity index is 808. The summed E-state index contributed by atoms with van der Waals surface area (Å²) in [5, 5.41) is 3.28.